The van der Waals surface area contributed by atoms with Crippen LogP contribution in [0.3, 0.4) is 0 Å². The van der Waals surface area contributed by atoms with Gasteiger partial charge < -0.3 is 14.4 Å². The number of nitrogens with zero attached hydrogens (tertiary/aromatic N) is 5. The molecule has 3 aromatic heterocycles. The highest BCUT2D eigenvalue weighted by atomic mass is 28.3. The summed E-state index contributed by atoms with van der Waals surface area (Å²) >= 11 is 0. The Morgan fingerprint density at radius 3 is 2.12 bits per heavy atom. The number of hydrogen-bond acceptors (Lipinski definition) is 6. The second-order valence-electron chi connectivity index (χ2n) is 15.0. The van der Waals surface area contributed by atoms with Crippen molar-refractivity contribution >= 4 is 33.7 Å². The van der Waals surface area contributed by atoms with Gasteiger partial charge >= 0.3 is 0 Å². The van der Waals surface area contributed by atoms with Crippen molar-refractivity contribution in [2.45, 2.75) is 89.4 Å². The lowest BCUT2D eigenvalue weighted by Crippen LogP contribution is -2.33. The average Bonchev–Trinajstić information content (AvgIpc) is 3.52. The van der Waals surface area contributed by atoms with Gasteiger partial charge in [0, 0.05) is 64.4 Å². The Hall–Kier alpha value is -2.34. The van der Waals surface area contributed by atoms with Gasteiger partial charge in [-0.1, -0.05) is 64.8 Å². The van der Waals surface area contributed by atoms with Gasteiger partial charge in [-0.2, -0.15) is 9.61 Å². The fourth-order valence-corrected chi connectivity index (χ4v) is 7.83. The lowest BCUT2D eigenvalue weighted by Gasteiger charge is -2.30. The van der Waals surface area contributed by atoms with Crippen molar-refractivity contribution in [1.29, 1.82) is 0 Å². The van der Waals surface area contributed by atoms with E-state index >= 15 is 0 Å². The highest BCUT2D eigenvalue weighted by Crippen LogP contribution is 2.48. The molecule has 0 aliphatic heterocycles. The molecule has 2 aliphatic rings. The number of ether oxygens (including phenoxy) is 2. The van der Waals surface area contributed by atoms with E-state index in [0.717, 1.165) is 65.4 Å². The minimum absolute atomic E-state index is 0.469. The summed E-state index contributed by atoms with van der Waals surface area (Å²) in [5, 5.41) is 4.89. The van der Waals surface area contributed by atoms with E-state index in [1.165, 1.54) is 37.8 Å². The van der Waals surface area contributed by atoms with Crippen LogP contribution in [0.4, 0.5) is 5.82 Å². The highest BCUT2D eigenvalue weighted by molar-refractivity contribution is 6.76. The zero-order chi connectivity index (χ0) is 29.9. The van der Waals surface area contributed by atoms with Crippen molar-refractivity contribution in [2.24, 2.45) is 11.8 Å². The molecular formula is C33H51N5O2Si2. The number of hydrogen-bond donors (Lipinski definition) is 0. The van der Waals surface area contributed by atoms with Gasteiger partial charge in [0.2, 0.25) is 0 Å². The van der Waals surface area contributed by atoms with Gasteiger partial charge in [-0.15, -0.1) is 0 Å². The molecule has 2 aliphatic carbocycles. The first-order valence-corrected chi connectivity index (χ1v) is 23.3. The average molecular weight is 606 g/mol. The zero-order valence-corrected chi connectivity index (χ0v) is 28.7. The van der Waals surface area contributed by atoms with Gasteiger partial charge in [0.15, 0.2) is 5.65 Å². The van der Waals surface area contributed by atoms with Crippen LogP contribution in [-0.2, 0) is 9.47 Å². The van der Waals surface area contributed by atoms with Crippen molar-refractivity contribution in [3.63, 3.8) is 0 Å². The lowest BCUT2D eigenvalue weighted by atomic mass is 9.79. The molecule has 0 radical (unpaired) electrons. The van der Waals surface area contributed by atoms with E-state index in [-0.39, 0.29) is 0 Å². The molecular weight excluding hydrogens is 555 g/mol. The number of anilines is 1. The van der Waals surface area contributed by atoms with Gasteiger partial charge in [-0.05, 0) is 55.3 Å². The van der Waals surface area contributed by atoms with Gasteiger partial charge in [0.25, 0.3) is 0 Å². The van der Waals surface area contributed by atoms with Crippen LogP contribution < -0.4 is 4.90 Å². The third-order valence-electron chi connectivity index (χ3n) is 8.89. The van der Waals surface area contributed by atoms with E-state index in [0.29, 0.717) is 19.4 Å². The summed E-state index contributed by atoms with van der Waals surface area (Å²) in [5.74, 6) is 3.14. The fraction of sp³-hybridized carbons (Fsp3) is 0.606. The van der Waals surface area contributed by atoms with Crippen LogP contribution in [0, 0.1) is 11.8 Å². The van der Waals surface area contributed by atoms with E-state index < -0.39 is 16.1 Å². The molecule has 2 bridgehead atoms. The molecule has 7 nitrogen and oxygen atoms in total. The van der Waals surface area contributed by atoms with Gasteiger partial charge in [0.1, 0.15) is 19.3 Å². The smallest absolute Gasteiger partial charge is 0.165 e. The van der Waals surface area contributed by atoms with E-state index in [9.17, 15) is 0 Å². The molecule has 2 fully saturated rings. The maximum Gasteiger partial charge on any atom is 0.165 e. The summed E-state index contributed by atoms with van der Waals surface area (Å²) in [6.45, 7) is 20.7. The first-order valence-electron chi connectivity index (χ1n) is 15.9. The summed E-state index contributed by atoms with van der Waals surface area (Å²) in [4.78, 5) is 12.1. The second-order valence-corrected chi connectivity index (χ2v) is 26.2. The summed E-state index contributed by atoms with van der Waals surface area (Å²) in [6.07, 6.45) is 12.2. The Labute approximate surface area is 254 Å². The predicted octanol–water partition coefficient (Wildman–Crippen LogP) is 8.16. The van der Waals surface area contributed by atoms with Crippen LogP contribution in [0.15, 0.2) is 37.2 Å². The Kier molecular flexibility index (Phi) is 9.71. The molecule has 3 heterocycles. The number of fused-ring (bicyclic) bond motifs is 3. The molecule has 0 amide bonds. The number of rotatable bonds is 14. The summed E-state index contributed by atoms with van der Waals surface area (Å²) < 4.78 is 14.6. The van der Waals surface area contributed by atoms with Crippen molar-refractivity contribution < 1.29 is 9.47 Å². The first kappa shape index (κ1) is 31.1. The van der Waals surface area contributed by atoms with Crippen molar-refractivity contribution in [3.8, 4) is 11.1 Å². The van der Waals surface area contributed by atoms with Crippen molar-refractivity contribution in [1.82, 2.24) is 19.6 Å². The zero-order valence-electron chi connectivity index (χ0n) is 26.7. The molecule has 3 aromatic rings. The maximum absolute atomic E-state index is 6.33. The third kappa shape index (κ3) is 7.98. The fourth-order valence-electron chi connectivity index (χ4n) is 6.31. The molecule has 0 spiro atoms. The van der Waals surface area contributed by atoms with E-state index in [2.05, 4.69) is 67.9 Å². The molecule has 9 heteroatoms. The van der Waals surface area contributed by atoms with Crippen LogP contribution >= 0.6 is 0 Å². The van der Waals surface area contributed by atoms with Crippen molar-refractivity contribution in [3.05, 3.63) is 48.6 Å². The van der Waals surface area contributed by atoms with Crippen LogP contribution in [0.1, 0.15) is 49.4 Å². The molecule has 42 heavy (non-hydrogen) atoms. The highest BCUT2D eigenvalue weighted by Gasteiger charge is 2.36. The number of pyridine rings is 1. The minimum Gasteiger partial charge on any atom is -0.361 e. The SMILES string of the molecule is C=Cc1ccc(-c2cnn3c(N(COCC[Si](C)(C)C)COCC[Si](C)(C)C)cc(C4C[C@H]5CC[C@@H](C4)C5)nc23)cn1. The summed E-state index contributed by atoms with van der Waals surface area (Å²) in [6, 6.07) is 8.65. The van der Waals surface area contributed by atoms with E-state index in [1.54, 1.807) is 6.08 Å². The quantitative estimate of drug-likeness (QED) is 0.105. The van der Waals surface area contributed by atoms with Crippen LogP contribution in [0.5, 0.6) is 0 Å². The standard InChI is InChI=1S/C33H51N5O2Si2/c1-8-29-12-11-27(21-34-29)30-22-35-38-32(20-31(36-33(30)38)28-18-25-9-10-26(17-25)19-28)37(23-39-13-15-41(2,3)4)24-40-14-16-42(5,6)7/h8,11-12,20-22,25-26,28H,1,9-10,13-19,23-24H2,2-7H3/t25-,26+,28?. The summed E-state index contributed by atoms with van der Waals surface area (Å²) in [7, 11) is -2.39. The Morgan fingerprint density at radius 2 is 1.57 bits per heavy atom. The van der Waals surface area contributed by atoms with Gasteiger partial charge in [-0.25, -0.2) is 4.98 Å². The molecule has 0 N–H and O–H groups in total. The van der Waals surface area contributed by atoms with Gasteiger partial charge in [0.05, 0.1) is 11.9 Å². The van der Waals surface area contributed by atoms with Crippen LogP contribution in [0.25, 0.3) is 22.9 Å². The largest absolute Gasteiger partial charge is 0.361 e. The van der Waals surface area contributed by atoms with Gasteiger partial charge in [-0.3, -0.25) is 4.98 Å². The maximum atomic E-state index is 6.33. The van der Waals surface area contributed by atoms with Crippen molar-refractivity contribution in [2.75, 3.05) is 31.6 Å². The molecule has 0 aromatic carbocycles. The summed E-state index contributed by atoms with van der Waals surface area (Å²) in [5.41, 5.74) is 4.93. The molecule has 228 valence electrons. The minimum atomic E-state index is -1.19. The predicted molar refractivity (Wildman–Crippen MR) is 180 cm³/mol. The van der Waals surface area contributed by atoms with Crippen LogP contribution in [0.2, 0.25) is 51.4 Å². The molecule has 5 rings (SSSR count). The Bertz CT molecular complexity index is 1310. The Balaban J connectivity index is 1.51. The Morgan fingerprint density at radius 1 is 0.929 bits per heavy atom. The third-order valence-corrected chi connectivity index (χ3v) is 12.3. The molecule has 3 atom stereocenters. The normalized spacial score (nSPS) is 20.8. The van der Waals surface area contributed by atoms with E-state index in [4.69, 9.17) is 19.6 Å². The second kappa shape index (κ2) is 13.1. The number of aromatic nitrogens is 4. The topological polar surface area (TPSA) is 64.8 Å². The molecule has 1 unspecified atom stereocenters. The monoisotopic (exact) mass is 605 g/mol. The lowest BCUT2D eigenvalue weighted by molar-refractivity contribution is 0.0942. The first-order chi connectivity index (χ1) is 20.0. The van der Waals surface area contributed by atoms with E-state index in [1.807, 2.05) is 23.0 Å². The molecule has 0 saturated heterocycles. The van der Waals surface area contributed by atoms with Crippen LogP contribution in [-0.4, -0.2) is 62.4 Å². The molecule has 2 saturated carbocycles.